The third-order valence-corrected chi connectivity index (χ3v) is 1.52. The van der Waals surface area contributed by atoms with Crippen molar-refractivity contribution in [2.75, 3.05) is 6.61 Å². The predicted molar refractivity (Wildman–Crippen MR) is 47.3 cm³/mol. The van der Waals surface area contributed by atoms with Crippen LogP contribution in [0.15, 0.2) is 18.2 Å². The molecular formula is C10H11FO2. The maximum Gasteiger partial charge on any atom is 0.167 e. The van der Waals surface area contributed by atoms with E-state index in [9.17, 15) is 9.18 Å². The Bertz CT molecular complexity index is 321. The van der Waals surface area contributed by atoms with Gasteiger partial charge < -0.3 is 4.74 Å². The molecule has 0 bridgehead atoms. The summed E-state index contributed by atoms with van der Waals surface area (Å²) in [4.78, 5) is 10.6. The topological polar surface area (TPSA) is 26.3 Å². The number of aryl methyl sites for hydroxylation is 1. The van der Waals surface area contributed by atoms with Crippen molar-refractivity contribution in [2.45, 2.75) is 13.8 Å². The summed E-state index contributed by atoms with van der Waals surface area (Å²) in [6, 6.07) is 4.54. The third-order valence-electron chi connectivity index (χ3n) is 1.52. The van der Waals surface area contributed by atoms with Crippen molar-refractivity contribution in [1.29, 1.82) is 0 Å². The van der Waals surface area contributed by atoms with E-state index in [1.807, 2.05) is 6.92 Å². The molecule has 0 aliphatic rings. The Hall–Kier alpha value is -1.38. The summed E-state index contributed by atoms with van der Waals surface area (Å²) in [7, 11) is 0. The Morgan fingerprint density at radius 3 is 2.85 bits per heavy atom. The van der Waals surface area contributed by atoms with Gasteiger partial charge in [-0.15, -0.1) is 0 Å². The number of carbonyl (C=O) groups is 1. The fourth-order valence-corrected chi connectivity index (χ4v) is 0.901. The van der Waals surface area contributed by atoms with Crippen molar-refractivity contribution in [2.24, 2.45) is 0 Å². The van der Waals surface area contributed by atoms with Crippen LogP contribution in [0.3, 0.4) is 0 Å². The lowest BCUT2D eigenvalue weighted by molar-refractivity contribution is -0.118. The molecule has 0 unspecified atom stereocenters. The molecule has 0 N–H and O–H groups in total. The highest BCUT2D eigenvalue weighted by Crippen LogP contribution is 2.17. The zero-order valence-electron chi connectivity index (χ0n) is 7.63. The molecule has 3 heteroatoms. The molecule has 1 rings (SSSR count). The fraction of sp³-hybridized carbons (Fsp3) is 0.300. The number of Topliss-reactive ketones (excluding diaryl/α,β-unsaturated/α-hetero) is 1. The van der Waals surface area contributed by atoms with Crippen molar-refractivity contribution in [3.05, 3.63) is 29.6 Å². The van der Waals surface area contributed by atoms with Crippen LogP contribution in [0.4, 0.5) is 4.39 Å². The molecule has 0 saturated heterocycles. The normalized spacial score (nSPS) is 9.77. The molecule has 0 heterocycles. The van der Waals surface area contributed by atoms with E-state index in [4.69, 9.17) is 4.74 Å². The van der Waals surface area contributed by atoms with Crippen LogP contribution in [0, 0.1) is 12.7 Å². The van der Waals surface area contributed by atoms with Crippen molar-refractivity contribution in [3.8, 4) is 5.75 Å². The summed E-state index contributed by atoms with van der Waals surface area (Å²) < 4.78 is 17.9. The number of hydrogen-bond donors (Lipinski definition) is 0. The van der Waals surface area contributed by atoms with Crippen LogP contribution in [-0.2, 0) is 4.79 Å². The van der Waals surface area contributed by atoms with Crippen LogP contribution in [0.1, 0.15) is 12.5 Å². The summed E-state index contributed by atoms with van der Waals surface area (Å²) in [5.41, 5.74) is 0.903. The molecule has 1 aromatic carbocycles. The highest BCUT2D eigenvalue weighted by Gasteiger charge is 2.03. The molecule has 70 valence electrons. The highest BCUT2D eigenvalue weighted by molar-refractivity contribution is 5.77. The van der Waals surface area contributed by atoms with Gasteiger partial charge in [0, 0.05) is 0 Å². The van der Waals surface area contributed by atoms with Gasteiger partial charge in [-0.05, 0) is 31.5 Å². The number of rotatable bonds is 3. The molecule has 0 amide bonds. The van der Waals surface area contributed by atoms with Gasteiger partial charge in [0.05, 0.1) is 0 Å². The second kappa shape index (κ2) is 4.03. The Kier molecular flexibility index (Phi) is 3.01. The van der Waals surface area contributed by atoms with Crippen LogP contribution in [0.25, 0.3) is 0 Å². The first-order chi connectivity index (χ1) is 6.09. The molecule has 0 radical (unpaired) electrons. The number of benzene rings is 1. The molecule has 13 heavy (non-hydrogen) atoms. The Morgan fingerprint density at radius 2 is 2.23 bits per heavy atom. The minimum atomic E-state index is -0.438. The Balaban J connectivity index is 2.75. The zero-order valence-corrected chi connectivity index (χ0v) is 7.63. The summed E-state index contributed by atoms with van der Waals surface area (Å²) in [5.74, 6) is -0.428. The van der Waals surface area contributed by atoms with Gasteiger partial charge in [0.25, 0.3) is 0 Å². The quantitative estimate of drug-likeness (QED) is 0.715. The smallest absolute Gasteiger partial charge is 0.167 e. The SMILES string of the molecule is CC(=O)COc1cc(C)ccc1F. The lowest BCUT2D eigenvalue weighted by atomic mass is 10.2. The van der Waals surface area contributed by atoms with Gasteiger partial charge in [-0.3, -0.25) is 4.79 Å². The van der Waals surface area contributed by atoms with E-state index in [0.717, 1.165) is 5.56 Å². The van der Waals surface area contributed by atoms with E-state index < -0.39 is 5.82 Å². The molecule has 0 atom stereocenters. The first-order valence-corrected chi connectivity index (χ1v) is 3.98. The van der Waals surface area contributed by atoms with E-state index in [1.54, 1.807) is 12.1 Å². The van der Waals surface area contributed by atoms with E-state index in [2.05, 4.69) is 0 Å². The summed E-state index contributed by atoms with van der Waals surface area (Å²) >= 11 is 0. The van der Waals surface area contributed by atoms with Crippen LogP contribution in [0.5, 0.6) is 5.75 Å². The van der Waals surface area contributed by atoms with Gasteiger partial charge in [0.2, 0.25) is 0 Å². The minimum absolute atomic E-state index is 0.0830. The van der Waals surface area contributed by atoms with Gasteiger partial charge in [-0.25, -0.2) is 4.39 Å². The molecule has 0 aliphatic heterocycles. The minimum Gasteiger partial charge on any atom is -0.483 e. The maximum absolute atomic E-state index is 13.0. The number of carbonyl (C=O) groups excluding carboxylic acids is 1. The molecule has 0 fully saturated rings. The molecule has 0 aliphatic carbocycles. The first-order valence-electron chi connectivity index (χ1n) is 3.98. The summed E-state index contributed by atoms with van der Waals surface area (Å²) in [6.07, 6.45) is 0. The summed E-state index contributed by atoms with van der Waals surface area (Å²) in [6.45, 7) is 3.15. The fourth-order valence-electron chi connectivity index (χ4n) is 0.901. The number of ether oxygens (including phenoxy) is 1. The standard InChI is InChI=1S/C10H11FO2/c1-7-3-4-9(11)10(5-7)13-6-8(2)12/h3-5H,6H2,1-2H3. The van der Waals surface area contributed by atoms with Crippen LogP contribution < -0.4 is 4.74 Å². The molecule has 2 nitrogen and oxygen atoms in total. The van der Waals surface area contributed by atoms with E-state index in [1.165, 1.54) is 13.0 Å². The zero-order chi connectivity index (χ0) is 9.84. The Labute approximate surface area is 76.3 Å². The maximum atomic E-state index is 13.0. The molecule has 0 saturated carbocycles. The molecular weight excluding hydrogens is 171 g/mol. The van der Waals surface area contributed by atoms with Crippen molar-refractivity contribution < 1.29 is 13.9 Å². The summed E-state index contributed by atoms with van der Waals surface area (Å²) in [5, 5.41) is 0. The number of hydrogen-bond acceptors (Lipinski definition) is 2. The average Bonchev–Trinajstić information content (AvgIpc) is 2.06. The van der Waals surface area contributed by atoms with E-state index in [0.29, 0.717) is 0 Å². The van der Waals surface area contributed by atoms with Gasteiger partial charge in [0.15, 0.2) is 17.3 Å². The third kappa shape index (κ3) is 2.86. The number of ketones is 1. The van der Waals surface area contributed by atoms with Gasteiger partial charge >= 0.3 is 0 Å². The van der Waals surface area contributed by atoms with Crippen LogP contribution in [0.2, 0.25) is 0 Å². The second-order valence-corrected chi connectivity index (χ2v) is 2.92. The average molecular weight is 182 g/mol. The molecule has 0 aromatic heterocycles. The van der Waals surface area contributed by atoms with Crippen molar-refractivity contribution >= 4 is 5.78 Å². The van der Waals surface area contributed by atoms with Gasteiger partial charge in [0.1, 0.15) is 6.61 Å². The van der Waals surface area contributed by atoms with E-state index in [-0.39, 0.29) is 18.1 Å². The van der Waals surface area contributed by atoms with Crippen molar-refractivity contribution in [1.82, 2.24) is 0 Å². The van der Waals surface area contributed by atoms with Gasteiger partial charge in [-0.2, -0.15) is 0 Å². The Morgan fingerprint density at radius 1 is 1.54 bits per heavy atom. The van der Waals surface area contributed by atoms with Crippen molar-refractivity contribution in [3.63, 3.8) is 0 Å². The van der Waals surface area contributed by atoms with Crippen LogP contribution >= 0.6 is 0 Å². The highest BCUT2D eigenvalue weighted by atomic mass is 19.1. The first kappa shape index (κ1) is 9.71. The van der Waals surface area contributed by atoms with Gasteiger partial charge in [-0.1, -0.05) is 6.07 Å². The molecule has 1 aromatic rings. The largest absolute Gasteiger partial charge is 0.483 e. The lowest BCUT2D eigenvalue weighted by Gasteiger charge is -2.05. The van der Waals surface area contributed by atoms with E-state index >= 15 is 0 Å². The number of halogens is 1. The molecule has 0 spiro atoms. The monoisotopic (exact) mass is 182 g/mol. The predicted octanol–water partition coefficient (Wildman–Crippen LogP) is 2.10. The second-order valence-electron chi connectivity index (χ2n) is 2.92. The van der Waals surface area contributed by atoms with Crippen LogP contribution in [-0.4, -0.2) is 12.4 Å². The lowest BCUT2D eigenvalue weighted by Crippen LogP contribution is -2.07.